The number of thioether (sulfide) groups is 1. The number of sulfonamides is 1. The summed E-state index contributed by atoms with van der Waals surface area (Å²) >= 11 is 4.76. The van der Waals surface area contributed by atoms with Crippen LogP contribution in [0, 0.1) is 6.92 Å². The van der Waals surface area contributed by atoms with Crippen molar-refractivity contribution in [1.29, 1.82) is 0 Å². The lowest BCUT2D eigenvalue weighted by Crippen LogP contribution is -2.29. The highest BCUT2D eigenvalue weighted by Crippen LogP contribution is 2.27. The fourth-order valence-corrected chi connectivity index (χ4v) is 4.16. The molecule has 1 aromatic rings. The number of rotatable bonds is 6. The minimum absolute atomic E-state index is 0.0212. The summed E-state index contributed by atoms with van der Waals surface area (Å²) in [6, 6.07) is 2.60. The highest BCUT2D eigenvalue weighted by atomic mass is 79.9. The maximum absolute atomic E-state index is 12.5. The molecule has 0 unspecified atom stereocenters. The van der Waals surface area contributed by atoms with E-state index in [0.717, 1.165) is 0 Å². The van der Waals surface area contributed by atoms with Gasteiger partial charge in [0.05, 0.1) is 10.5 Å². The summed E-state index contributed by atoms with van der Waals surface area (Å²) in [4.78, 5) is 11.1. The van der Waals surface area contributed by atoms with Gasteiger partial charge in [0.1, 0.15) is 0 Å². The zero-order valence-electron chi connectivity index (χ0n) is 11.4. The number of carboxylic acids is 1. The molecule has 0 atom stereocenters. The smallest absolute Gasteiger partial charge is 0.335 e. The Morgan fingerprint density at radius 3 is 2.55 bits per heavy atom. The molecule has 1 N–H and O–H groups in total. The zero-order chi connectivity index (χ0) is 15.5. The van der Waals surface area contributed by atoms with E-state index in [1.807, 2.05) is 6.26 Å². The largest absolute Gasteiger partial charge is 0.478 e. The molecule has 0 radical (unpaired) electrons. The van der Waals surface area contributed by atoms with E-state index in [-0.39, 0.29) is 10.5 Å². The van der Waals surface area contributed by atoms with Crippen molar-refractivity contribution in [3.63, 3.8) is 0 Å². The molecule has 1 rings (SSSR count). The predicted molar refractivity (Wildman–Crippen MR) is 84.0 cm³/mol. The molecular weight excluding hydrogens is 366 g/mol. The van der Waals surface area contributed by atoms with E-state index in [4.69, 9.17) is 5.11 Å². The molecule has 0 amide bonds. The zero-order valence-corrected chi connectivity index (χ0v) is 14.6. The van der Waals surface area contributed by atoms with Crippen LogP contribution in [0.25, 0.3) is 0 Å². The van der Waals surface area contributed by atoms with Crippen LogP contribution in [0.1, 0.15) is 15.9 Å². The molecule has 0 bridgehead atoms. The van der Waals surface area contributed by atoms with E-state index < -0.39 is 16.0 Å². The van der Waals surface area contributed by atoms with Gasteiger partial charge in [0.25, 0.3) is 0 Å². The normalized spacial score (nSPS) is 11.8. The van der Waals surface area contributed by atoms with Crippen LogP contribution >= 0.6 is 27.7 Å². The van der Waals surface area contributed by atoms with Crippen LogP contribution < -0.4 is 0 Å². The second kappa shape index (κ2) is 6.93. The first-order chi connectivity index (χ1) is 9.21. The third-order valence-corrected chi connectivity index (χ3v) is 6.24. The summed E-state index contributed by atoms with van der Waals surface area (Å²) in [6.07, 6.45) is 1.90. The number of aromatic carboxylic acids is 1. The third-order valence-electron chi connectivity index (χ3n) is 2.84. The maximum Gasteiger partial charge on any atom is 0.335 e. The molecule has 112 valence electrons. The van der Waals surface area contributed by atoms with Crippen molar-refractivity contribution < 1.29 is 18.3 Å². The Bertz CT molecular complexity index is 616. The molecule has 0 saturated carbocycles. The van der Waals surface area contributed by atoms with Gasteiger partial charge in [-0.05, 0) is 30.9 Å². The highest BCUT2D eigenvalue weighted by molar-refractivity contribution is 9.10. The monoisotopic (exact) mass is 381 g/mol. The van der Waals surface area contributed by atoms with E-state index in [1.54, 1.807) is 18.7 Å². The van der Waals surface area contributed by atoms with Gasteiger partial charge < -0.3 is 5.11 Å². The van der Waals surface area contributed by atoms with Gasteiger partial charge in [-0.15, -0.1) is 0 Å². The van der Waals surface area contributed by atoms with Gasteiger partial charge in [0, 0.05) is 23.8 Å². The van der Waals surface area contributed by atoms with Crippen molar-refractivity contribution in [2.75, 3.05) is 25.6 Å². The molecule has 0 aromatic heterocycles. The van der Waals surface area contributed by atoms with E-state index in [2.05, 4.69) is 15.9 Å². The van der Waals surface area contributed by atoms with Crippen LogP contribution in [0.5, 0.6) is 0 Å². The van der Waals surface area contributed by atoms with Crippen LogP contribution in [0.15, 0.2) is 21.5 Å². The maximum atomic E-state index is 12.5. The molecule has 1 aromatic carbocycles. The molecule has 5 nitrogen and oxygen atoms in total. The lowest BCUT2D eigenvalue weighted by molar-refractivity contribution is 0.0696. The summed E-state index contributed by atoms with van der Waals surface area (Å²) in [5.41, 5.74) is 0.449. The van der Waals surface area contributed by atoms with Crippen LogP contribution in [-0.2, 0) is 10.0 Å². The van der Waals surface area contributed by atoms with Crippen molar-refractivity contribution in [2.45, 2.75) is 11.8 Å². The number of benzene rings is 1. The van der Waals surface area contributed by atoms with Gasteiger partial charge in [-0.2, -0.15) is 11.8 Å². The van der Waals surface area contributed by atoms with E-state index in [0.29, 0.717) is 22.3 Å². The summed E-state index contributed by atoms with van der Waals surface area (Å²) in [7, 11) is -2.20. The quantitative estimate of drug-likeness (QED) is 0.818. The first kappa shape index (κ1) is 17.5. The molecule has 0 aliphatic carbocycles. The van der Waals surface area contributed by atoms with Crippen LogP contribution in [0.4, 0.5) is 0 Å². The van der Waals surface area contributed by atoms with Crippen LogP contribution in [0.2, 0.25) is 0 Å². The number of halogens is 1. The average Bonchev–Trinajstić information content (AvgIpc) is 2.38. The molecule has 0 aliphatic heterocycles. The Morgan fingerprint density at radius 1 is 1.45 bits per heavy atom. The van der Waals surface area contributed by atoms with Gasteiger partial charge >= 0.3 is 5.97 Å². The fraction of sp³-hybridized carbons (Fsp3) is 0.417. The van der Waals surface area contributed by atoms with Gasteiger partial charge in [-0.1, -0.05) is 15.9 Å². The van der Waals surface area contributed by atoms with E-state index in [1.165, 1.54) is 23.5 Å². The van der Waals surface area contributed by atoms with Gasteiger partial charge in [-0.25, -0.2) is 17.5 Å². The minimum Gasteiger partial charge on any atom is -0.478 e. The van der Waals surface area contributed by atoms with Gasteiger partial charge in [-0.3, -0.25) is 0 Å². The Hall–Kier alpha value is -0.570. The summed E-state index contributed by atoms with van der Waals surface area (Å²) in [5.74, 6) is -0.483. The Labute approximate surface area is 131 Å². The molecule has 20 heavy (non-hydrogen) atoms. The van der Waals surface area contributed by atoms with Crippen molar-refractivity contribution in [1.82, 2.24) is 4.31 Å². The van der Waals surface area contributed by atoms with Gasteiger partial charge in [0.15, 0.2) is 0 Å². The average molecular weight is 382 g/mol. The second-order valence-electron chi connectivity index (χ2n) is 4.21. The molecule has 0 spiro atoms. The fourth-order valence-electron chi connectivity index (χ4n) is 1.55. The molecule has 0 heterocycles. The van der Waals surface area contributed by atoms with Crippen LogP contribution in [0.3, 0.4) is 0 Å². The number of hydrogen-bond acceptors (Lipinski definition) is 4. The van der Waals surface area contributed by atoms with E-state index in [9.17, 15) is 13.2 Å². The third kappa shape index (κ3) is 3.75. The molecule has 0 saturated heterocycles. The van der Waals surface area contributed by atoms with Crippen molar-refractivity contribution >= 4 is 43.7 Å². The van der Waals surface area contributed by atoms with Crippen molar-refractivity contribution in [2.24, 2.45) is 0 Å². The Balaban J connectivity index is 3.34. The predicted octanol–water partition coefficient (Wildman–Crippen LogP) is 2.44. The second-order valence-corrected chi connectivity index (χ2v) is 8.06. The molecule has 8 heteroatoms. The minimum atomic E-state index is -3.69. The Morgan fingerprint density at radius 2 is 2.05 bits per heavy atom. The first-order valence-electron chi connectivity index (χ1n) is 5.70. The number of carbonyl (C=O) groups is 1. The Kier molecular flexibility index (Phi) is 6.06. The lowest BCUT2D eigenvalue weighted by atomic mass is 10.1. The molecular formula is C12H16BrNO4S2. The SMILES string of the molecule is CSCCN(C)S(=O)(=O)c1cc(C(=O)O)cc(Br)c1C. The van der Waals surface area contributed by atoms with Crippen molar-refractivity contribution in [3.8, 4) is 0 Å². The van der Waals surface area contributed by atoms with Crippen LogP contribution in [-0.4, -0.2) is 49.4 Å². The molecule has 0 fully saturated rings. The standard InChI is InChI=1S/C12H16BrNO4S2/c1-8-10(13)6-9(12(15)16)7-11(8)20(17,18)14(2)4-5-19-3/h6-7H,4-5H2,1-3H3,(H,15,16). The van der Waals surface area contributed by atoms with Gasteiger partial charge in [0.2, 0.25) is 10.0 Å². The topological polar surface area (TPSA) is 74.7 Å². The lowest BCUT2D eigenvalue weighted by Gasteiger charge is -2.19. The van der Waals surface area contributed by atoms with E-state index >= 15 is 0 Å². The summed E-state index contributed by atoms with van der Waals surface area (Å²) in [6.45, 7) is 2.02. The summed E-state index contributed by atoms with van der Waals surface area (Å²) < 4.78 is 26.7. The number of nitrogens with zero attached hydrogens (tertiary/aromatic N) is 1. The number of carboxylic acid groups (broad SMARTS) is 1. The number of hydrogen-bond donors (Lipinski definition) is 1. The highest BCUT2D eigenvalue weighted by Gasteiger charge is 2.25. The molecule has 0 aliphatic rings. The first-order valence-corrected chi connectivity index (χ1v) is 9.33. The van der Waals surface area contributed by atoms with Crippen molar-refractivity contribution in [3.05, 3.63) is 27.7 Å². The summed E-state index contributed by atoms with van der Waals surface area (Å²) in [5, 5.41) is 9.04.